The normalized spacial score (nSPS) is 36.8. The smallest absolute Gasteiger partial charge is 0.130 e. The minimum absolute atomic E-state index is 0.264. The van der Waals surface area contributed by atoms with E-state index in [9.17, 15) is 10.2 Å². The van der Waals surface area contributed by atoms with E-state index in [1.54, 1.807) is 0 Å². The number of piperidine rings is 6. The molecular weight excluding hydrogens is 544 g/mol. The lowest BCUT2D eigenvalue weighted by molar-refractivity contribution is -0.978. The van der Waals surface area contributed by atoms with Crippen molar-refractivity contribution in [2.75, 3.05) is 39.3 Å². The van der Waals surface area contributed by atoms with Crippen LogP contribution in [0.2, 0.25) is 0 Å². The topological polar surface area (TPSA) is 72.0 Å². The number of nitrogens with one attached hydrogen (secondary N) is 2. The molecule has 6 heteroatoms. The van der Waals surface area contributed by atoms with Crippen molar-refractivity contribution in [3.63, 3.8) is 0 Å². The minimum atomic E-state index is 0.264. The Morgan fingerprint density at radius 3 is 1.95 bits per heavy atom. The first-order valence-corrected chi connectivity index (χ1v) is 17.9. The van der Waals surface area contributed by atoms with E-state index < -0.39 is 0 Å². The summed E-state index contributed by atoms with van der Waals surface area (Å²) in [7, 11) is 0. The predicted octanol–water partition coefficient (Wildman–Crippen LogP) is 7.46. The van der Waals surface area contributed by atoms with Crippen LogP contribution in [-0.4, -0.2) is 68.4 Å². The van der Waals surface area contributed by atoms with Crippen LogP contribution in [0.25, 0.3) is 32.9 Å². The first-order valence-electron chi connectivity index (χ1n) is 17.9. The van der Waals surface area contributed by atoms with Crippen LogP contribution in [-0.2, 0) is 12.8 Å². The molecule has 6 nitrogen and oxygen atoms in total. The number of benzene rings is 2. The van der Waals surface area contributed by atoms with Crippen LogP contribution >= 0.6 is 0 Å². The summed E-state index contributed by atoms with van der Waals surface area (Å²) in [5, 5.41) is 25.7. The van der Waals surface area contributed by atoms with Gasteiger partial charge in [-0.3, -0.25) is 0 Å². The second kappa shape index (κ2) is 8.85. The van der Waals surface area contributed by atoms with Gasteiger partial charge in [-0.1, -0.05) is 13.8 Å². The van der Waals surface area contributed by atoms with E-state index >= 15 is 0 Å². The first-order chi connectivity index (χ1) is 21.4. The van der Waals surface area contributed by atoms with E-state index in [1.165, 1.54) is 115 Å². The Morgan fingerprint density at radius 2 is 1.30 bits per heavy atom. The number of H-pyrrole nitrogens is 2. The van der Waals surface area contributed by atoms with Gasteiger partial charge in [-0.2, -0.15) is 0 Å². The third-order valence-corrected chi connectivity index (χ3v) is 14.5. The summed E-state index contributed by atoms with van der Waals surface area (Å²) >= 11 is 0. The van der Waals surface area contributed by atoms with Gasteiger partial charge in [-0.05, 0) is 60.1 Å². The van der Waals surface area contributed by atoms with E-state index in [-0.39, 0.29) is 11.5 Å². The highest BCUT2D eigenvalue weighted by Gasteiger charge is 2.56. The number of fused-ring (bicyclic) bond motifs is 10. The van der Waals surface area contributed by atoms with Crippen molar-refractivity contribution in [2.45, 2.75) is 77.3 Å². The van der Waals surface area contributed by atoms with E-state index in [1.807, 2.05) is 12.1 Å². The van der Waals surface area contributed by atoms with Crippen LogP contribution in [0.5, 0.6) is 11.5 Å². The van der Waals surface area contributed by atoms with Crippen LogP contribution in [0.3, 0.4) is 0 Å². The van der Waals surface area contributed by atoms with Gasteiger partial charge in [0.25, 0.3) is 0 Å². The minimum Gasteiger partial charge on any atom is -0.507 e. The van der Waals surface area contributed by atoms with Gasteiger partial charge in [-0.25, -0.2) is 0 Å². The highest BCUT2D eigenvalue weighted by atomic mass is 16.3. The molecule has 12 rings (SSSR count). The summed E-state index contributed by atoms with van der Waals surface area (Å²) in [4.78, 5) is 7.90. The summed E-state index contributed by atoms with van der Waals surface area (Å²) in [6, 6.07) is 9.02. The zero-order chi connectivity index (χ0) is 29.5. The van der Waals surface area contributed by atoms with Crippen molar-refractivity contribution in [2.24, 2.45) is 23.7 Å². The molecule has 0 radical (unpaired) electrons. The predicted molar refractivity (Wildman–Crippen MR) is 175 cm³/mol. The Bertz CT molecular complexity index is 1850. The quantitative estimate of drug-likeness (QED) is 0.187. The number of aromatic hydroxyl groups is 2. The number of phenolic OH excluding ortho intramolecular Hbond substituents is 2. The average molecular weight is 593 g/mol. The van der Waals surface area contributed by atoms with Crippen molar-refractivity contribution < 1.29 is 19.2 Å². The van der Waals surface area contributed by atoms with Gasteiger partial charge in [0.1, 0.15) is 23.6 Å². The highest BCUT2D eigenvalue weighted by Crippen LogP contribution is 2.57. The number of phenols is 2. The molecule has 0 aliphatic carbocycles. The number of hydrogen-bond donors (Lipinski definition) is 4. The summed E-state index contributed by atoms with van der Waals surface area (Å²) in [5.74, 6) is 3.94. The fourth-order valence-corrected chi connectivity index (χ4v) is 12.3. The van der Waals surface area contributed by atoms with Gasteiger partial charge in [0.15, 0.2) is 0 Å². The highest BCUT2D eigenvalue weighted by molar-refractivity contribution is 6.10. The molecule has 8 atom stereocenters. The SMILES string of the molecule is CC[C@H]1C[N@@+]23CCc4c([nH]c5c(-c6c(O)ccc7[nH]c8c(c67)CC[N@@+]67CC[C@@H](C[C@@H]86)[C@@H](CC)C7)c(O)ccc45)[C@@H]2C[C@@H]1CC3. The molecule has 8 aliphatic heterocycles. The molecule has 0 unspecified atom stereocenters. The van der Waals surface area contributed by atoms with Crippen LogP contribution < -0.4 is 0 Å². The molecule has 230 valence electrons. The zero-order valence-corrected chi connectivity index (χ0v) is 26.5. The van der Waals surface area contributed by atoms with Gasteiger partial charge < -0.3 is 29.1 Å². The third-order valence-electron chi connectivity index (χ3n) is 14.5. The standard InChI is InChI=1S/C38H46N4O2/c1-3-21-19-41-13-9-23(21)17-29(41)36-26(11-15-41)25-5-7-32(44)35(38(25)40-36)34-31(43)8-6-28-33(34)27-12-16-42-14-10-24(22(4-2)20-42)18-30(42)37(27)39-28/h5-8,21-24,29-30,39-40H,3-4,9-20H2,1-2H3/p+2/t21-,22-,23-,24-,29-,30-,41+,42+/m0/s1. The van der Waals surface area contributed by atoms with Gasteiger partial charge in [0, 0.05) is 72.2 Å². The van der Waals surface area contributed by atoms with Crippen LogP contribution in [0.4, 0.5) is 0 Å². The molecule has 10 heterocycles. The molecule has 6 saturated heterocycles. The van der Waals surface area contributed by atoms with Crippen molar-refractivity contribution in [3.8, 4) is 22.6 Å². The lowest BCUT2D eigenvalue weighted by atomic mass is 9.69. The number of aromatic amines is 2. The lowest BCUT2D eigenvalue weighted by Crippen LogP contribution is -2.65. The zero-order valence-electron chi connectivity index (χ0n) is 26.5. The number of rotatable bonds is 3. The Hall–Kier alpha value is -2.96. The van der Waals surface area contributed by atoms with Gasteiger partial charge >= 0.3 is 0 Å². The van der Waals surface area contributed by atoms with Gasteiger partial charge in [-0.15, -0.1) is 0 Å². The van der Waals surface area contributed by atoms with Gasteiger partial charge in [0.05, 0.1) is 61.7 Å². The molecule has 8 aliphatic rings. The van der Waals surface area contributed by atoms with Crippen LogP contribution in [0.15, 0.2) is 24.3 Å². The molecule has 44 heavy (non-hydrogen) atoms. The molecule has 2 spiro atoms. The molecule has 2 aromatic carbocycles. The summed E-state index contributed by atoms with van der Waals surface area (Å²) in [6.45, 7) is 12.5. The number of quaternary nitrogens is 2. The average Bonchev–Trinajstić information content (AvgIpc) is 3.63. The monoisotopic (exact) mass is 592 g/mol. The Balaban J connectivity index is 1.15. The Kier molecular flexibility index (Phi) is 5.29. The van der Waals surface area contributed by atoms with Crippen LogP contribution in [0.1, 0.15) is 87.0 Å². The van der Waals surface area contributed by atoms with Gasteiger partial charge in [0.2, 0.25) is 0 Å². The molecule has 4 N–H and O–H groups in total. The number of hydrogen-bond acceptors (Lipinski definition) is 2. The number of aromatic nitrogens is 2. The molecule has 0 amide bonds. The lowest BCUT2D eigenvalue weighted by Gasteiger charge is -2.59. The Morgan fingerprint density at radius 1 is 0.705 bits per heavy atom. The Labute approximate surface area is 260 Å². The summed E-state index contributed by atoms with van der Waals surface area (Å²) in [6.07, 6.45) is 10.1. The largest absolute Gasteiger partial charge is 0.507 e. The third kappa shape index (κ3) is 3.19. The second-order valence-electron chi connectivity index (χ2n) is 15.9. The maximum Gasteiger partial charge on any atom is 0.130 e. The van der Waals surface area contributed by atoms with E-state index in [2.05, 4.69) is 35.9 Å². The van der Waals surface area contributed by atoms with Crippen molar-refractivity contribution >= 4 is 21.8 Å². The molecular formula is C38H48N4O2+2. The fourth-order valence-electron chi connectivity index (χ4n) is 12.3. The second-order valence-corrected chi connectivity index (χ2v) is 15.9. The van der Waals surface area contributed by atoms with E-state index in [4.69, 9.17) is 0 Å². The molecule has 4 bridgehead atoms. The summed E-state index contributed by atoms with van der Waals surface area (Å²) < 4.78 is 2.51. The maximum absolute atomic E-state index is 11.7. The van der Waals surface area contributed by atoms with Crippen molar-refractivity contribution in [1.82, 2.24) is 9.97 Å². The van der Waals surface area contributed by atoms with E-state index in [0.29, 0.717) is 12.1 Å². The maximum atomic E-state index is 11.7. The van der Waals surface area contributed by atoms with Crippen molar-refractivity contribution in [3.05, 3.63) is 46.8 Å². The summed E-state index contributed by atoms with van der Waals surface area (Å²) in [5.41, 5.74) is 9.42. The van der Waals surface area contributed by atoms with Crippen molar-refractivity contribution in [1.29, 1.82) is 0 Å². The molecule has 0 saturated carbocycles. The first kappa shape index (κ1) is 26.3. The molecule has 4 aromatic rings. The van der Waals surface area contributed by atoms with E-state index in [0.717, 1.165) is 64.1 Å². The molecule has 2 aromatic heterocycles. The number of nitrogens with zero attached hydrogens (tertiary/aromatic N) is 2. The fraction of sp³-hybridized carbons (Fsp3) is 0.579. The molecule has 6 fully saturated rings. The van der Waals surface area contributed by atoms with Crippen LogP contribution in [0, 0.1) is 23.7 Å².